The Hall–Kier alpha value is -2.37. The summed E-state index contributed by atoms with van der Waals surface area (Å²) in [5, 5.41) is 12.0. The number of nitrogens with zero attached hydrogens (tertiary/aromatic N) is 1. The molecule has 27 heavy (non-hydrogen) atoms. The van der Waals surface area contributed by atoms with Gasteiger partial charge in [-0.2, -0.15) is 0 Å². The number of para-hydroxylation sites is 1. The highest BCUT2D eigenvalue weighted by Crippen LogP contribution is 2.32. The topological polar surface area (TPSA) is 86.7 Å². The molecule has 2 aliphatic rings. The fourth-order valence-corrected chi connectivity index (χ4v) is 4.46. The quantitative estimate of drug-likeness (QED) is 0.849. The van der Waals surface area contributed by atoms with Gasteiger partial charge < -0.3 is 15.3 Å². The van der Waals surface area contributed by atoms with Crippen molar-refractivity contribution >= 4 is 23.5 Å². The van der Waals surface area contributed by atoms with Crippen molar-refractivity contribution in [3.05, 3.63) is 29.8 Å². The van der Waals surface area contributed by atoms with Crippen LogP contribution in [0.25, 0.3) is 0 Å². The molecule has 2 N–H and O–H groups in total. The van der Waals surface area contributed by atoms with Crippen LogP contribution in [0.15, 0.2) is 24.3 Å². The van der Waals surface area contributed by atoms with Gasteiger partial charge in [0.15, 0.2) is 0 Å². The van der Waals surface area contributed by atoms with Crippen LogP contribution in [0.4, 0.5) is 5.69 Å². The van der Waals surface area contributed by atoms with Crippen molar-refractivity contribution in [2.45, 2.75) is 39.5 Å². The Balaban J connectivity index is 1.71. The summed E-state index contributed by atoms with van der Waals surface area (Å²) < 4.78 is 0. The standard InChI is InChI=1S/C21H28N2O4/c1-13-9-14(2)12-23(11-13)20(25)17-5-3-4-6-18(17)22-19(24)15-7-8-16(10-15)21(26)27/h3-6,13-16H,7-12H2,1-2H3,(H,22,24)(H,26,27)/t13?,14?,15-,16+/m1/s1. The molecule has 1 aliphatic carbocycles. The highest BCUT2D eigenvalue weighted by Gasteiger charge is 2.34. The number of carboxylic acids is 1. The Morgan fingerprint density at radius 3 is 2.26 bits per heavy atom. The van der Waals surface area contributed by atoms with Gasteiger partial charge in [0, 0.05) is 19.0 Å². The molecule has 3 rings (SSSR count). The summed E-state index contributed by atoms with van der Waals surface area (Å²) in [5.74, 6) is -0.928. The number of nitrogens with one attached hydrogen (secondary N) is 1. The zero-order valence-electron chi connectivity index (χ0n) is 16.0. The number of anilines is 1. The molecule has 0 bridgehead atoms. The largest absolute Gasteiger partial charge is 0.481 e. The molecule has 2 unspecified atom stereocenters. The van der Waals surface area contributed by atoms with Gasteiger partial charge in [0.05, 0.1) is 17.2 Å². The van der Waals surface area contributed by atoms with Gasteiger partial charge >= 0.3 is 5.97 Å². The predicted molar refractivity (Wildman–Crippen MR) is 102 cm³/mol. The average Bonchev–Trinajstić information content (AvgIpc) is 3.11. The van der Waals surface area contributed by atoms with E-state index in [1.165, 1.54) is 0 Å². The number of carboxylic acid groups (broad SMARTS) is 1. The third-order valence-electron chi connectivity index (χ3n) is 5.72. The molecule has 0 aromatic heterocycles. The van der Waals surface area contributed by atoms with Crippen LogP contribution in [0, 0.1) is 23.7 Å². The van der Waals surface area contributed by atoms with Crippen LogP contribution in [0.1, 0.15) is 49.9 Å². The Morgan fingerprint density at radius 2 is 1.63 bits per heavy atom. The summed E-state index contributed by atoms with van der Waals surface area (Å²) in [4.78, 5) is 38.7. The number of carbonyl (C=O) groups is 3. The second-order valence-electron chi connectivity index (χ2n) is 8.24. The molecule has 146 valence electrons. The van der Waals surface area contributed by atoms with E-state index in [9.17, 15) is 14.4 Å². The third-order valence-corrected chi connectivity index (χ3v) is 5.72. The van der Waals surface area contributed by atoms with Gasteiger partial charge in [0.2, 0.25) is 5.91 Å². The number of aliphatic carboxylic acids is 1. The summed E-state index contributed by atoms with van der Waals surface area (Å²) >= 11 is 0. The Bertz CT molecular complexity index is 723. The van der Waals surface area contributed by atoms with Crippen LogP contribution in [0.2, 0.25) is 0 Å². The van der Waals surface area contributed by atoms with Crippen molar-refractivity contribution < 1.29 is 19.5 Å². The van der Waals surface area contributed by atoms with Gasteiger partial charge in [-0.25, -0.2) is 0 Å². The van der Waals surface area contributed by atoms with Gasteiger partial charge in [0.25, 0.3) is 5.91 Å². The molecule has 0 spiro atoms. The van der Waals surface area contributed by atoms with Gasteiger partial charge in [-0.15, -0.1) is 0 Å². The van der Waals surface area contributed by atoms with E-state index in [1.807, 2.05) is 4.90 Å². The van der Waals surface area contributed by atoms with Crippen LogP contribution in [-0.2, 0) is 9.59 Å². The normalized spacial score (nSPS) is 28.0. The molecule has 1 aliphatic heterocycles. The van der Waals surface area contributed by atoms with Crippen molar-refractivity contribution in [1.29, 1.82) is 0 Å². The van der Waals surface area contributed by atoms with Crippen molar-refractivity contribution in [2.24, 2.45) is 23.7 Å². The van der Waals surface area contributed by atoms with Crippen LogP contribution in [0.5, 0.6) is 0 Å². The lowest BCUT2D eigenvalue weighted by atomic mass is 9.91. The third kappa shape index (κ3) is 4.49. The number of benzene rings is 1. The fourth-order valence-electron chi connectivity index (χ4n) is 4.46. The first kappa shape index (κ1) is 19.4. The monoisotopic (exact) mass is 372 g/mol. The maximum absolute atomic E-state index is 13.1. The summed E-state index contributed by atoms with van der Waals surface area (Å²) in [6, 6.07) is 7.08. The first-order chi connectivity index (χ1) is 12.8. The number of carbonyl (C=O) groups excluding carboxylic acids is 2. The van der Waals surface area contributed by atoms with Crippen LogP contribution >= 0.6 is 0 Å². The van der Waals surface area contributed by atoms with Gasteiger partial charge in [-0.3, -0.25) is 14.4 Å². The molecule has 1 aromatic rings. The Morgan fingerprint density at radius 1 is 1.00 bits per heavy atom. The molecule has 0 radical (unpaired) electrons. The summed E-state index contributed by atoms with van der Waals surface area (Å²) in [6.07, 6.45) is 2.57. The summed E-state index contributed by atoms with van der Waals surface area (Å²) in [7, 11) is 0. The predicted octanol–water partition coefficient (Wildman–Crippen LogP) is 3.24. The lowest BCUT2D eigenvalue weighted by Crippen LogP contribution is -2.42. The maximum Gasteiger partial charge on any atom is 0.306 e. The lowest BCUT2D eigenvalue weighted by molar-refractivity contribution is -0.141. The van der Waals surface area contributed by atoms with E-state index in [0.29, 0.717) is 42.3 Å². The molecule has 4 atom stereocenters. The molecule has 2 amide bonds. The minimum Gasteiger partial charge on any atom is -0.481 e. The first-order valence-electron chi connectivity index (χ1n) is 9.77. The second-order valence-corrected chi connectivity index (χ2v) is 8.24. The number of amides is 2. The number of rotatable bonds is 4. The number of hydrogen-bond donors (Lipinski definition) is 2. The zero-order valence-corrected chi connectivity index (χ0v) is 16.0. The van der Waals surface area contributed by atoms with E-state index >= 15 is 0 Å². The zero-order chi connectivity index (χ0) is 19.6. The second kappa shape index (κ2) is 8.11. The van der Waals surface area contributed by atoms with Gasteiger partial charge in [0.1, 0.15) is 0 Å². The first-order valence-corrected chi connectivity index (χ1v) is 9.77. The number of likely N-dealkylation sites (tertiary alicyclic amines) is 1. The lowest BCUT2D eigenvalue weighted by Gasteiger charge is -2.35. The number of hydrogen-bond acceptors (Lipinski definition) is 3. The molecular weight excluding hydrogens is 344 g/mol. The van der Waals surface area contributed by atoms with E-state index in [0.717, 1.165) is 19.5 Å². The van der Waals surface area contributed by atoms with Crippen LogP contribution in [-0.4, -0.2) is 40.9 Å². The van der Waals surface area contributed by atoms with Crippen molar-refractivity contribution in [3.63, 3.8) is 0 Å². The minimum absolute atomic E-state index is 0.0564. The molecule has 1 saturated carbocycles. The number of piperidine rings is 1. The highest BCUT2D eigenvalue weighted by atomic mass is 16.4. The Kier molecular flexibility index (Phi) is 5.82. The minimum atomic E-state index is -0.839. The van der Waals surface area contributed by atoms with Gasteiger partial charge in [-0.1, -0.05) is 26.0 Å². The molecule has 2 fully saturated rings. The molecule has 1 saturated heterocycles. The van der Waals surface area contributed by atoms with Gasteiger partial charge in [-0.05, 0) is 49.7 Å². The molecular formula is C21H28N2O4. The highest BCUT2D eigenvalue weighted by molar-refractivity contribution is 6.04. The van der Waals surface area contributed by atoms with Crippen LogP contribution < -0.4 is 5.32 Å². The summed E-state index contributed by atoms with van der Waals surface area (Å²) in [5.41, 5.74) is 1.01. The SMILES string of the molecule is CC1CC(C)CN(C(=O)c2ccccc2NC(=O)[C@@H]2CC[C@H](C(=O)O)C2)C1. The van der Waals surface area contributed by atoms with Crippen molar-refractivity contribution in [1.82, 2.24) is 4.90 Å². The molecule has 6 nitrogen and oxygen atoms in total. The van der Waals surface area contributed by atoms with Crippen LogP contribution in [0.3, 0.4) is 0 Å². The molecule has 1 heterocycles. The van der Waals surface area contributed by atoms with E-state index in [2.05, 4.69) is 19.2 Å². The van der Waals surface area contributed by atoms with E-state index in [-0.39, 0.29) is 17.7 Å². The van der Waals surface area contributed by atoms with E-state index in [1.54, 1.807) is 24.3 Å². The van der Waals surface area contributed by atoms with E-state index < -0.39 is 11.9 Å². The smallest absolute Gasteiger partial charge is 0.306 e. The van der Waals surface area contributed by atoms with Crippen molar-refractivity contribution in [2.75, 3.05) is 18.4 Å². The van der Waals surface area contributed by atoms with E-state index in [4.69, 9.17) is 5.11 Å². The Labute approximate surface area is 159 Å². The molecule has 6 heteroatoms. The maximum atomic E-state index is 13.1. The average molecular weight is 372 g/mol. The van der Waals surface area contributed by atoms with Crippen molar-refractivity contribution in [3.8, 4) is 0 Å². The fraction of sp³-hybridized carbons (Fsp3) is 0.571. The summed E-state index contributed by atoms with van der Waals surface area (Å²) in [6.45, 7) is 5.77. The molecule has 1 aromatic carbocycles.